The number of nitrogens with one attached hydrogen (secondary N) is 1. The molecule has 2 heterocycles. The molecule has 0 spiro atoms. The molecule has 11 heteroatoms. The quantitative estimate of drug-likeness (QED) is 0.479. The zero-order chi connectivity index (χ0) is 27.7. The van der Waals surface area contributed by atoms with Gasteiger partial charge in [0.15, 0.2) is 6.10 Å². The Kier molecular flexibility index (Phi) is 7.06. The van der Waals surface area contributed by atoms with E-state index in [2.05, 4.69) is 10.4 Å². The predicted molar refractivity (Wildman–Crippen MR) is 137 cm³/mol. The van der Waals surface area contributed by atoms with Crippen LogP contribution < -0.4 is 10.1 Å². The molecule has 3 atom stereocenters. The fourth-order valence-corrected chi connectivity index (χ4v) is 4.88. The highest BCUT2D eigenvalue weighted by molar-refractivity contribution is 5.95. The van der Waals surface area contributed by atoms with Gasteiger partial charge in [-0.1, -0.05) is 18.2 Å². The smallest absolute Gasteiger partial charge is 0.301 e. The van der Waals surface area contributed by atoms with Gasteiger partial charge in [0, 0.05) is 43.7 Å². The minimum atomic E-state index is -3.35. The molecule has 2 amide bonds. The number of alkyl halides is 2. The van der Waals surface area contributed by atoms with Gasteiger partial charge < -0.3 is 20.1 Å². The van der Waals surface area contributed by atoms with Gasteiger partial charge in [-0.3, -0.25) is 14.3 Å². The number of nitriles is 1. The minimum Gasteiger partial charge on any atom is -0.483 e. The third kappa shape index (κ3) is 5.61. The molecule has 1 saturated carbocycles. The minimum absolute atomic E-state index is 0.0155. The third-order valence-corrected chi connectivity index (χ3v) is 7.10. The molecule has 0 unspecified atom stereocenters. The van der Waals surface area contributed by atoms with E-state index in [-0.39, 0.29) is 42.0 Å². The van der Waals surface area contributed by atoms with Gasteiger partial charge in [0.2, 0.25) is 11.8 Å². The molecule has 2 N–H and O–H groups in total. The Morgan fingerprint density at radius 1 is 1.23 bits per heavy atom. The molecular weight excluding hydrogens is 508 g/mol. The van der Waals surface area contributed by atoms with Crippen LogP contribution in [0.4, 0.5) is 14.5 Å². The lowest BCUT2D eigenvalue weighted by Crippen LogP contribution is -2.55. The standard InChI is InChI=1S/C28H27F2N5O4/c1-34-9-7-23(33-34)21-13-22(21)27(38)32-20-4-2-3-17(12-20)18-5-6-24(19(11-18)14-31)39-25-8-10-35(26(37)15-36)16-28(25,29)30/h2-7,9,11-12,21-22,25,36H,8,10,13,15-16H2,1H3,(H,32,38)/t21-,22-,25-/m0/s1. The Morgan fingerprint density at radius 2 is 2.03 bits per heavy atom. The highest BCUT2D eigenvalue weighted by Gasteiger charge is 2.48. The molecule has 2 fully saturated rings. The largest absolute Gasteiger partial charge is 0.483 e. The van der Waals surface area contributed by atoms with Crippen LogP contribution in [-0.2, 0) is 16.6 Å². The third-order valence-electron chi connectivity index (χ3n) is 7.10. The number of benzene rings is 2. The van der Waals surface area contributed by atoms with E-state index >= 15 is 0 Å². The molecule has 2 aromatic carbocycles. The van der Waals surface area contributed by atoms with Crippen molar-refractivity contribution in [2.24, 2.45) is 13.0 Å². The van der Waals surface area contributed by atoms with E-state index in [1.165, 1.54) is 6.07 Å². The highest BCUT2D eigenvalue weighted by atomic mass is 19.3. The van der Waals surface area contributed by atoms with E-state index < -0.39 is 31.1 Å². The van der Waals surface area contributed by atoms with E-state index in [9.17, 15) is 23.6 Å². The number of aliphatic hydroxyl groups is 1. The number of hydrogen-bond donors (Lipinski definition) is 2. The first kappa shape index (κ1) is 26.3. The zero-order valence-corrected chi connectivity index (χ0v) is 21.2. The second-order valence-corrected chi connectivity index (χ2v) is 9.89. The molecule has 0 bridgehead atoms. The maximum Gasteiger partial charge on any atom is 0.301 e. The van der Waals surface area contributed by atoms with Gasteiger partial charge in [0.25, 0.3) is 0 Å². The number of piperidine rings is 1. The van der Waals surface area contributed by atoms with Crippen molar-refractivity contribution >= 4 is 17.5 Å². The molecule has 5 rings (SSSR count). The lowest BCUT2D eigenvalue weighted by molar-refractivity contribution is -0.161. The SMILES string of the molecule is Cn1ccc([C@H]2C[C@@H]2C(=O)Nc2cccc(-c3ccc(O[C@H]4CCN(C(=O)CO)CC4(F)F)c(C#N)c3)c2)n1. The topological polar surface area (TPSA) is 120 Å². The van der Waals surface area contributed by atoms with Crippen LogP contribution in [0.25, 0.3) is 11.1 Å². The van der Waals surface area contributed by atoms with Crippen molar-refractivity contribution in [3.8, 4) is 22.9 Å². The molecule has 1 aliphatic carbocycles. The molecule has 9 nitrogen and oxygen atoms in total. The molecule has 1 saturated heterocycles. The summed E-state index contributed by atoms with van der Waals surface area (Å²) in [7, 11) is 1.84. The van der Waals surface area contributed by atoms with Crippen LogP contribution in [0.5, 0.6) is 5.75 Å². The summed E-state index contributed by atoms with van der Waals surface area (Å²) < 4.78 is 36.7. The number of rotatable bonds is 7. The Hall–Kier alpha value is -4.30. The Bertz CT molecular complexity index is 1450. The Labute approximate surface area is 223 Å². The monoisotopic (exact) mass is 535 g/mol. The maximum atomic E-state index is 14.7. The number of aliphatic hydroxyl groups excluding tert-OH is 1. The van der Waals surface area contributed by atoms with Gasteiger partial charge in [0.1, 0.15) is 18.4 Å². The van der Waals surface area contributed by atoms with Gasteiger partial charge >= 0.3 is 5.92 Å². The fourth-order valence-electron chi connectivity index (χ4n) is 4.88. The lowest BCUT2D eigenvalue weighted by Gasteiger charge is -2.38. The number of amides is 2. The van der Waals surface area contributed by atoms with Crippen LogP contribution in [-0.4, -0.2) is 63.3 Å². The number of hydrogen-bond acceptors (Lipinski definition) is 6. The van der Waals surface area contributed by atoms with Gasteiger partial charge in [-0.15, -0.1) is 0 Å². The van der Waals surface area contributed by atoms with Crippen LogP contribution in [0, 0.1) is 17.2 Å². The first-order valence-electron chi connectivity index (χ1n) is 12.6. The number of carbonyl (C=O) groups excluding carboxylic acids is 2. The number of nitrogens with zero attached hydrogens (tertiary/aromatic N) is 4. The van der Waals surface area contributed by atoms with Crippen molar-refractivity contribution in [3.63, 3.8) is 0 Å². The van der Waals surface area contributed by atoms with Crippen molar-refractivity contribution in [2.75, 3.05) is 25.0 Å². The molecular formula is C28H27F2N5O4. The van der Waals surface area contributed by atoms with E-state index in [0.29, 0.717) is 11.3 Å². The van der Waals surface area contributed by atoms with Crippen molar-refractivity contribution < 1.29 is 28.2 Å². The van der Waals surface area contributed by atoms with Crippen molar-refractivity contribution in [1.29, 1.82) is 5.26 Å². The van der Waals surface area contributed by atoms with Gasteiger partial charge in [-0.2, -0.15) is 10.4 Å². The average Bonchev–Trinajstić information content (AvgIpc) is 3.62. The summed E-state index contributed by atoms with van der Waals surface area (Å²) in [6.07, 6.45) is 0.933. The molecule has 39 heavy (non-hydrogen) atoms. The molecule has 202 valence electrons. The molecule has 0 radical (unpaired) electrons. The van der Waals surface area contributed by atoms with Crippen molar-refractivity contribution in [1.82, 2.24) is 14.7 Å². The fraction of sp³-hybridized carbons (Fsp3) is 0.357. The summed E-state index contributed by atoms with van der Waals surface area (Å²) >= 11 is 0. The van der Waals surface area contributed by atoms with Gasteiger partial charge in [-0.25, -0.2) is 8.78 Å². The van der Waals surface area contributed by atoms with E-state index in [1.807, 2.05) is 31.4 Å². The number of aryl methyl sites for hydroxylation is 1. The first-order valence-corrected chi connectivity index (χ1v) is 12.6. The summed E-state index contributed by atoms with van der Waals surface area (Å²) in [5.41, 5.74) is 2.98. The van der Waals surface area contributed by atoms with E-state index in [0.717, 1.165) is 22.6 Å². The lowest BCUT2D eigenvalue weighted by atomic mass is 10.0. The normalized spacial score (nSPS) is 21.6. The molecule has 1 aliphatic heterocycles. The Balaban J connectivity index is 1.27. The van der Waals surface area contributed by atoms with Crippen LogP contribution >= 0.6 is 0 Å². The van der Waals surface area contributed by atoms with Crippen LogP contribution in [0.15, 0.2) is 54.7 Å². The summed E-state index contributed by atoms with van der Waals surface area (Å²) in [5, 5.41) is 26.0. The number of ether oxygens (including phenoxy) is 1. The Morgan fingerprint density at radius 3 is 2.72 bits per heavy atom. The molecule has 1 aromatic heterocycles. The van der Waals surface area contributed by atoms with Crippen LogP contribution in [0.1, 0.15) is 30.0 Å². The molecule has 2 aliphatic rings. The van der Waals surface area contributed by atoms with E-state index in [1.54, 1.807) is 35.0 Å². The van der Waals surface area contributed by atoms with Crippen LogP contribution in [0.3, 0.4) is 0 Å². The first-order chi connectivity index (χ1) is 18.7. The summed E-state index contributed by atoms with van der Waals surface area (Å²) in [6, 6.07) is 15.8. The second kappa shape index (κ2) is 10.5. The highest BCUT2D eigenvalue weighted by Crippen LogP contribution is 2.47. The molecule has 3 aromatic rings. The predicted octanol–water partition coefficient (Wildman–Crippen LogP) is 3.31. The maximum absolute atomic E-state index is 14.7. The summed E-state index contributed by atoms with van der Waals surface area (Å²) in [4.78, 5) is 25.3. The summed E-state index contributed by atoms with van der Waals surface area (Å²) in [6.45, 7) is -1.68. The van der Waals surface area contributed by atoms with Gasteiger partial charge in [-0.05, 0) is 47.9 Å². The number of likely N-dealkylation sites (tertiary alicyclic amines) is 1. The average molecular weight is 536 g/mol. The van der Waals surface area contributed by atoms with Crippen molar-refractivity contribution in [3.05, 3.63) is 66.0 Å². The van der Waals surface area contributed by atoms with Crippen LogP contribution in [0.2, 0.25) is 0 Å². The number of carbonyl (C=O) groups is 2. The number of aromatic nitrogens is 2. The zero-order valence-electron chi connectivity index (χ0n) is 21.2. The second-order valence-electron chi connectivity index (χ2n) is 9.89. The van der Waals surface area contributed by atoms with Crippen molar-refractivity contribution in [2.45, 2.75) is 30.8 Å². The summed E-state index contributed by atoms with van der Waals surface area (Å²) in [5.74, 6) is -4.22. The number of anilines is 1. The van der Waals surface area contributed by atoms with E-state index in [4.69, 9.17) is 9.84 Å². The number of halogens is 2. The van der Waals surface area contributed by atoms with Gasteiger partial charge in [0.05, 0.1) is 17.8 Å².